The summed E-state index contributed by atoms with van der Waals surface area (Å²) in [4.78, 5) is 10.9. The van der Waals surface area contributed by atoms with Gasteiger partial charge in [-0.3, -0.25) is 5.43 Å². The number of nitrogens with zero attached hydrogens (tertiary/aromatic N) is 1. The molecule has 3 rings (SSSR count). The summed E-state index contributed by atoms with van der Waals surface area (Å²) in [7, 11) is 0. The van der Waals surface area contributed by atoms with Crippen molar-refractivity contribution in [3.63, 3.8) is 0 Å². The van der Waals surface area contributed by atoms with Crippen LogP contribution >= 0.6 is 0 Å². The zero-order valence-electron chi connectivity index (χ0n) is 13.8. The van der Waals surface area contributed by atoms with E-state index in [0.717, 1.165) is 22.1 Å². The van der Waals surface area contributed by atoms with Gasteiger partial charge in [-0.1, -0.05) is 30.3 Å². The summed E-state index contributed by atoms with van der Waals surface area (Å²) in [5.41, 5.74) is 4.76. The van der Waals surface area contributed by atoms with E-state index in [2.05, 4.69) is 10.5 Å². The molecule has 5 heteroatoms. The average molecular weight is 334 g/mol. The molecule has 25 heavy (non-hydrogen) atoms. The van der Waals surface area contributed by atoms with Gasteiger partial charge in [0.1, 0.15) is 5.75 Å². The standard InChI is InChI=1S/C20H18N2O3/c1-2-25-19-12-9-14-5-3-4-6-17(14)18(19)13-21-22-16-10-7-15(8-11-16)20(23)24/h3-13,22H,2H2,1H3,(H,23,24)/b21-13+. The van der Waals surface area contributed by atoms with Crippen molar-refractivity contribution >= 4 is 28.6 Å². The third-order valence-electron chi connectivity index (χ3n) is 3.75. The Morgan fingerprint density at radius 1 is 1.12 bits per heavy atom. The van der Waals surface area contributed by atoms with Crippen molar-refractivity contribution in [1.29, 1.82) is 0 Å². The molecule has 0 aliphatic carbocycles. The first kappa shape index (κ1) is 16.5. The molecule has 0 fully saturated rings. The third-order valence-corrected chi connectivity index (χ3v) is 3.75. The van der Waals surface area contributed by atoms with Crippen LogP contribution in [0.2, 0.25) is 0 Å². The molecule has 126 valence electrons. The number of anilines is 1. The molecule has 0 heterocycles. The van der Waals surface area contributed by atoms with E-state index in [1.54, 1.807) is 18.3 Å². The first-order valence-corrected chi connectivity index (χ1v) is 7.96. The van der Waals surface area contributed by atoms with Gasteiger partial charge in [0, 0.05) is 5.56 Å². The smallest absolute Gasteiger partial charge is 0.335 e. The minimum absolute atomic E-state index is 0.238. The van der Waals surface area contributed by atoms with Crippen molar-refractivity contribution in [2.45, 2.75) is 6.92 Å². The normalized spacial score (nSPS) is 10.9. The van der Waals surface area contributed by atoms with Gasteiger partial charge in [-0.15, -0.1) is 0 Å². The number of ether oxygens (including phenoxy) is 1. The van der Waals surface area contributed by atoms with Crippen LogP contribution in [0.25, 0.3) is 10.8 Å². The van der Waals surface area contributed by atoms with Crippen molar-refractivity contribution in [2.75, 3.05) is 12.0 Å². The predicted molar refractivity (Wildman–Crippen MR) is 99.7 cm³/mol. The summed E-state index contributed by atoms with van der Waals surface area (Å²) in [5, 5.41) is 15.4. The van der Waals surface area contributed by atoms with Crippen LogP contribution in [0.5, 0.6) is 5.75 Å². The lowest BCUT2D eigenvalue weighted by molar-refractivity contribution is 0.0697. The Bertz CT molecular complexity index is 918. The van der Waals surface area contributed by atoms with Gasteiger partial charge < -0.3 is 9.84 Å². The van der Waals surface area contributed by atoms with E-state index in [1.807, 2.05) is 43.3 Å². The largest absolute Gasteiger partial charge is 0.493 e. The number of carboxylic acid groups (broad SMARTS) is 1. The summed E-state index contributed by atoms with van der Waals surface area (Å²) >= 11 is 0. The monoisotopic (exact) mass is 334 g/mol. The lowest BCUT2D eigenvalue weighted by Gasteiger charge is -2.10. The van der Waals surface area contributed by atoms with Gasteiger partial charge in [-0.2, -0.15) is 5.10 Å². The van der Waals surface area contributed by atoms with E-state index >= 15 is 0 Å². The summed E-state index contributed by atoms with van der Waals surface area (Å²) in [6.45, 7) is 2.52. The topological polar surface area (TPSA) is 70.9 Å². The highest BCUT2D eigenvalue weighted by Crippen LogP contribution is 2.26. The third kappa shape index (κ3) is 3.77. The van der Waals surface area contributed by atoms with E-state index < -0.39 is 5.97 Å². The fourth-order valence-electron chi connectivity index (χ4n) is 2.55. The molecule has 0 radical (unpaired) electrons. The van der Waals surface area contributed by atoms with E-state index in [0.29, 0.717) is 12.3 Å². The fraction of sp³-hybridized carbons (Fsp3) is 0.100. The van der Waals surface area contributed by atoms with Crippen molar-refractivity contribution in [2.24, 2.45) is 5.10 Å². The fourth-order valence-corrected chi connectivity index (χ4v) is 2.55. The minimum Gasteiger partial charge on any atom is -0.493 e. The summed E-state index contributed by atoms with van der Waals surface area (Å²) in [6, 6.07) is 18.4. The van der Waals surface area contributed by atoms with Crippen LogP contribution in [0.3, 0.4) is 0 Å². The molecule has 0 unspecified atom stereocenters. The van der Waals surface area contributed by atoms with Crippen molar-refractivity contribution in [3.05, 3.63) is 71.8 Å². The van der Waals surface area contributed by atoms with Gasteiger partial charge >= 0.3 is 5.97 Å². The van der Waals surface area contributed by atoms with E-state index in [9.17, 15) is 4.79 Å². The van der Waals surface area contributed by atoms with Crippen LogP contribution in [0.1, 0.15) is 22.8 Å². The number of hydrogen-bond donors (Lipinski definition) is 2. The molecule has 0 aliphatic heterocycles. The number of hydrogen-bond acceptors (Lipinski definition) is 4. The second kappa shape index (κ2) is 7.49. The molecular weight excluding hydrogens is 316 g/mol. The van der Waals surface area contributed by atoms with Gasteiger partial charge in [0.05, 0.1) is 24.1 Å². The second-order valence-corrected chi connectivity index (χ2v) is 5.38. The summed E-state index contributed by atoms with van der Waals surface area (Å²) in [6.07, 6.45) is 1.72. The van der Waals surface area contributed by atoms with Crippen molar-refractivity contribution < 1.29 is 14.6 Å². The minimum atomic E-state index is -0.952. The number of aromatic carboxylic acids is 1. The quantitative estimate of drug-likeness (QED) is 0.518. The number of nitrogens with one attached hydrogen (secondary N) is 1. The maximum atomic E-state index is 10.9. The van der Waals surface area contributed by atoms with Crippen LogP contribution in [-0.2, 0) is 0 Å². The van der Waals surface area contributed by atoms with Gasteiger partial charge in [0.25, 0.3) is 0 Å². The highest BCUT2D eigenvalue weighted by Gasteiger charge is 2.06. The average Bonchev–Trinajstić information content (AvgIpc) is 2.64. The van der Waals surface area contributed by atoms with Crippen molar-refractivity contribution in [1.82, 2.24) is 0 Å². The Kier molecular flexibility index (Phi) is 4.95. The number of hydrazone groups is 1. The number of carboxylic acids is 1. The lowest BCUT2D eigenvalue weighted by atomic mass is 10.0. The van der Waals surface area contributed by atoms with Gasteiger partial charge in [-0.05, 0) is 48.0 Å². The Hall–Kier alpha value is -3.34. The molecule has 0 atom stereocenters. The Balaban J connectivity index is 1.87. The second-order valence-electron chi connectivity index (χ2n) is 5.38. The molecule has 0 aromatic heterocycles. The lowest BCUT2D eigenvalue weighted by Crippen LogP contribution is -1.99. The molecule has 0 spiro atoms. The maximum Gasteiger partial charge on any atom is 0.335 e. The zero-order chi connectivity index (χ0) is 17.6. The Labute approximate surface area is 145 Å². The molecule has 0 amide bonds. The van der Waals surface area contributed by atoms with Crippen LogP contribution in [0.4, 0.5) is 5.69 Å². The summed E-state index contributed by atoms with van der Waals surface area (Å²) in [5.74, 6) is -0.180. The molecule has 0 saturated heterocycles. The number of rotatable bonds is 6. The van der Waals surface area contributed by atoms with Crippen LogP contribution in [0.15, 0.2) is 65.8 Å². The molecular formula is C20H18N2O3. The molecule has 0 aliphatic rings. The first-order chi connectivity index (χ1) is 12.2. The number of carbonyl (C=O) groups is 1. The van der Waals surface area contributed by atoms with E-state index in [-0.39, 0.29) is 5.56 Å². The molecule has 3 aromatic carbocycles. The SMILES string of the molecule is CCOc1ccc2ccccc2c1/C=N/Nc1ccc(C(=O)O)cc1. The van der Waals surface area contributed by atoms with Gasteiger partial charge in [0.2, 0.25) is 0 Å². The molecule has 2 N–H and O–H groups in total. The number of benzene rings is 3. The van der Waals surface area contributed by atoms with Crippen molar-refractivity contribution in [3.8, 4) is 5.75 Å². The Morgan fingerprint density at radius 2 is 1.88 bits per heavy atom. The number of fused-ring (bicyclic) bond motifs is 1. The van der Waals surface area contributed by atoms with Crippen LogP contribution in [0, 0.1) is 0 Å². The maximum absolute atomic E-state index is 10.9. The van der Waals surface area contributed by atoms with Gasteiger partial charge in [0.15, 0.2) is 0 Å². The highest BCUT2D eigenvalue weighted by molar-refractivity contribution is 6.02. The predicted octanol–water partition coefficient (Wildman–Crippen LogP) is 4.38. The summed E-state index contributed by atoms with van der Waals surface area (Å²) < 4.78 is 5.71. The molecule has 3 aromatic rings. The molecule has 5 nitrogen and oxygen atoms in total. The van der Waals surface area contributed by atoms with Gasteiger partial charge in [-0.25, -0.2) is 4.79 Å². The Morgan fingerprint density at radius 3 is 2.60 bits per heavy atom. The van der Waals surface area contributed by atoms with E-state index in [4.69, 9.17) is 9.84 Å². The molecule has 0 saturated carbocycles. The van der Waals surface area contributed by atoms with Crippen LogP contribution < -0.4 is 10.2 Å². The highest BCUT2D eigenvalue weighted by atomic mass is 16.5. The zero-order valence-corrected chi connectivity index (χ0v) is 13.8. The van der Waals surface area contributed by atoms with E-state index in [1.165, 1.54) is 12.1 Å². The van der Waals surface area contributed by atoms with Crippen LogP contribution in [-0.4, -0.2) is 23.9 Å². The molecule has 0 bridgehead atoms. The first-order valence-electron chi connectivity index (χ1n) is 7.96.